The van der Waals surface area contributed by atoms with Crippen LogP contribution in [0, 0.1) is 5.92 Å². The smallest absolute Gasteiger partial charge is 0.317 e. The van der Waals surface area contributed by atoms with Crippen LogP contribution in [0.5, 0.6) is 0 Å². The predicted octanol–water partition coefficient (Wildman–Crippen LogP) is 2.51. The van der Waals surface area contributed by atoms with Crippen LogP contribution in [-0.4, -0.2) is 56.2 Å². The number of ether oxygens (including phenoxy) is 1. The largest absolute Gasteiger partial charge is 0.381 e. The zero-order valence-corrected chi connectivity index (χ0v) is 15.2. The summed E-state index contributed by atoms with van der Waals surface area (Å²) in [4.78, 5) is 28.1. The highest BCUT2D eigenvalue weighted by Crippen LogP contribution is 2.24. The van der Waals surface area contributed by atoms with Gasteiger partial charge in [0, 0.05) is 50.5 Å². The fourth-order valence-corrected chi connectivity index (χ4v) is 3.57. The number of hydrogen-bond acceptors (Lipinski definition) is 3. The van der Waals surface area contributed by atoms with E-state index < -0.39 is 0 Å². The summed E-state index contributed by atoms with van der Waals surface area (Å²) >= 11 is 6.00. The lowest BCUT2D eigenvalue weighted by Gasteiger charge is -2.28. The Morgan fingerprint density at radius 2 is 2.16 bits per heavy atom. The van der Waals surface area contributed by atoms with Gasteiger partial charge in [-0.3, -0.25) is 4.79 Å². The zero-order valence-electron chi connectivity index (χ0n) is 14.4. The van der Waals surface area contributed by atoms with E-state index in [0.29, 0.717) is 30.5 Å². The summed E-state index contributed by atoms with van der Waals surface area (Å²) in [5.41, 5.74) is 0.768. The van der Waals surface area contributed by atoms with E-state index in [1.165, 1.54) is 0 Å². The molecule has 0 radical (unpaired) electrons. The van der Waals surface area contributed by atoms with Gasteiger partial charge in [-0.2, -0.15) is 0 Å². The Hall–Kier alpha value is -1.79. The first-order chi connectivity index (χ1) is 12.0. The minimum atomic E-state index is -0.184. The third-order valence-corrected chi connectivity index (χ3v) is 5.03. The number of carbonyl (C=O) groups is 2. The minimum Gasteiger partial charge on any atom is -0.381 e. The van der Waals surface area contributed by atoms with E-state index in [4.69, 9.17) is 16.3 Å². The van der Waals surface area contributed by atoms with Gasteiger partial charge in [-0.15, -0.1) is 0 Å². The molecule has 3 amide bonds. The van der Waals surface area contributed by atoms with Crippen molar-refractivity contribution >= 4 is 29.2 Å². The number of amides is 3. The molecule has 1 atom stereocenters. The number of anilines is 1. The number of hydrogen-bond donors (Lipinski definition) is 1. The topological polar surface area (TPSA) is 61.9 Å². The Balaban J connectivity index is 1.52. The van der Waals surface area contributed by atoms with Crippen LogP contribution < -0.4 is 10.2 Å². The first-order valence-electron chi connectivity index (χ1n) is 8.68. The Morgan fingerprint density at radius 3 is 2.88 bits per heavy atom. The molecular weight excluding hydrogens is 342 g/mol. The standard InChI is InChI=1S/C18H24ClN3O3/c1-21(11-13-5-7-25-8-6-13)18(24)20-15-10-17(23)22(12-15)16-4-2-3-14(19)9-16/h2-4,9,13,15H,5-8,10-12H2,1H3,(H,20,24)/t15-/m1/s1. The molecule has 136 valence electrons. The number of carbonyl (C=O) groups excluding carboxylic acids is 2. The monoisotopic (exact) mass is 365 g/mol. The van der Waals surface area contributed by atoms with Gasteiger partial charge in [-0.25, -0.2) is 4.79 Å². The summed E-state index contributed by atoms with van der Waals surface area (Å²) in [6, 6.07) is 6.90. The van der Waals surface area contributed by atoms with E-state index >= 15 is 0 Å². The number of benzene rings is 1. The lowest BCUT2D eigenvalue weighted by atomic mass is 10.00. The quantitative estimate of drug-likeness (QED) is 0.891. The van der Waals surface area contributed by atoms with Crippen molar-refractivity contribution in [3.8, 4) is 0 Å². The van der Waals surface area contributed by atoms with Gasteiger partial charge >= 0.3 is 6.03 Å². The van der Waals surface area contributed by atoms with E-state index in [9.17, 15) is 9.59 Å². The summed E-state index contributed by atoms with van der Waals surface area (Å²) in [5.74, 6) is 0.484. The molecule has 6 nitrogen and oxygen atoms in total. The maximum Gasteiger partial charge on any atom is 0.317 e. The van der Waals surface area contributed by atoms with Crippen LogP contribution in [0.25, 0.3) is 0 Å². The Labute approximate surface area is 153 Å². The third kappa shape index (κ3) is 4.64. The number of nitrogens with one attached hydrogen (secondary N) is 1. The second-order valence-corrected chi connectivity index (χ2v) is 7.21. The maximum absolute atomic E-state index is 12.4. The molecule has 2 saturated heterocycles. The van der Waals surface area contributed by atoms with Gasteiger partial charge in [-0.05, 0) is 37.0 Å². The van der Waals surface area contributed by atoms with Gasteiger partial charge in [0.05, 0.1) is 6.04 Å². The molecule has 0 bridgehead atoms. The highest BCUT2D eigenvalue weighted by molar-refractivity contribution is 6.30. The molecule has 3 rings (SSSR count). The van der Waals surface area contributed by atoms with Crippen LogP contribution in [-0.2, 0) is 9.53 Å². The molecule has 1 aromatic carbocycles. The Bertz CT molecular complexity index is 634. The lowest BCUT2D eigenvalue weighted by molar-refractivity contribution is -0.117. The number of rotatable bonds is 4. The molecule has 1 aromatic rings. The molecule has 1 N–H and O–H groups in total. The summed E-state index contributed by atoms with van der Waals surface area (Å²) < 4.78 is 5.35. The average Bonchev–Trinajstić information content (AvgIpc) is 2.96. The van der Waals surface area contributed by atoms with Gasteiger partial charge in [0.15, 0.2) is 0 Å². The van der Waals surface area contributed by atoms with Crippen LogP contribution in [0.1, 0.15) is 19.3 Å². The van der Waals surface area contributed by atoms with Gasteiger partial charge in [0.1, 0.15) is 0 Å². The van der Waals surface area contributed by atoms with Gasteiger partial charge in [-0.1, -0.05) is 17.7 Å². The van der Waals surface area contributed by atoms with E-state index in [-0.39, 0.29) is 18.0 Å². The highest BCUT2D eigenvalue weighted by atomic mass is 35.5. The molecule has 2 heterocycles. The first-order valence-corrected chi connectivity index (χ1v) is 9.06. The van der Waals surface area contributed by atoms with E-state index in [0.717, 1.165) is 31.7 Å². The minimum absolute atomic E-state index is 0.000325. The molecule has 0 spiro atoms. The highest BCUT2D eigenvalue weighted by Gasteiger charge is 2.32. The first kappa shape index (κ1) is 18.0. The van der Waals surface area contributed by atoms with Crippen molar-refractivity contribution in [2.45, 2.75) is 25.3 Å². The van der Waals surface area contributed by atoms with Crippen molar-refractivity contribution in [2.24, 2.45) is 5.92 Å². The summed E-state index contributed by atoms with van der Waals surface area (Å²) in [6.07, 6.45) is 2.29. The Morgan fingerprint density at radius 1 is 1.40 bits per heavy atom. The van der Waals surface area contributed by atoms with Crippen LogP contribution in [0.3, 0.4) is 0 Å². The third-order valence-electron chi connectivity index (χ3n) is 4.79. The fraction of sp³-hybridized carbons (Fsp3) is 0.556. The van der Waals surface area contributed by atoms with Crippen molar-refractivity contribution in [3.05, 3.63) is 29.3 Å². The van der Waals surface area contributed by atoms with Crippen molar-refractivity contribution in [1.82, 2.24) is 10.2 Å². The Kier molecular flexibility index (Phi) is 5.81. The van der Waals surface area contributed by atoms with Crippen molar-refractivity contribution < 1.29 is 14.3 Å². The molecule has 2 aliphatic heterocycles. The number of halogens is 1. The summed E-state index contributed by atoms with van der Waals surface area (Å²) in [5, 5.41) is 3.56. The van der Waals surface area contributed by atoms with E-state index in [1.807, 2.05) is 12.1 Å². The second kappa shape index (κ2) is 8.06. The molecular formula is C18H24ClN3O3. The van der Waals surface area contributed by atoms with E-state index in [2.05, 4.69) is 5.32 Å². The molecule has 0 aliphatic carbocycles. The molecule has 0 unspecified atom stereocenters. The maximum atomic E-state index is 12.4. The zero-order chi connectivity index (χ0) is 17.8. The van der Waals surface area contributed by atoms with Crippen LogP contribution >= 0.6 is 11.6 Å². The molecule has 0 aromatic heterocycles. The fourth-order valence-electron chi connectivity index (χ4n) is 3.38. The normalized spacial score (nSPS) is 21.4. The molecule has 25 heavy (non-hydrogen) atoms. The average molecular weight is 366 g/mol. The molecule has 0 saturated carbocycles. The summed E-state index contributed by atoms with van der Waals surface area (Å²) in [6.45, 7) is 2.72. The van der Waals surface area contributed by atoms with Crippen LogP contribution in [0.4, 0.5) is 10.5 Å². The number of urea groups is 1. The van der Waals surface area contributed by atoms with Crippen LogP contribution in [0.2, 0.25) is 5.02 Å². The molecule has 2 fully saturated rings. The van der Waals surface area contributed by atoms with Crippen molar-refractivity contribution in [2.75, 3.05) is 38.3 Å². The SMILES string of the molecule is CN(CC1CCOCC1)C(=O)N[C@@H]1CC(=O)N(c2cccc(Cl)c2)C1. The lowest BCUT2D eigenvalue weighted by Crippen LogP contribution is -2.46. The van der Waals surface area contributed by atoms with Gasteiger partial charge < -0.3 is 19.9 Å². The van der Waals surface area contributed by atoms with Gasteiger partial charge in [0.25, 0.3) is 0 Å². The van der Waals surface area contributed by atoms with Gasteiger partial charge in [0.2, 0.25) is 5.91 Å². The second-order valence-electron chi connectivity index (χ2n) is 6.77. The van der Waals surface area contributed by atoms with Crippen LogP contribution in [0.15, 0.2) is 24.3 Å². The van der Waals surface area contributed by atoms with Crippen molar-refractivity contribution in [3.63, 3.8) is 0 Å². The van der Waals surface area contributed by atoms with E-state index in [1.54, 1.807) is 29.0 Å². The predicted molar refractivity (Wildman–Crippen MR) is 96.9 cm³/mol. The number of nitrogens with zero attached hydrogens (tertiary/aromatic N) is 2. The molecule has 7 heteroatoms. The van der Waals surface area contributed by atoms with Crippen molar-refractivity contribution in [1.29, 1.82) is 0 Å². The molecule has 2 aliphatic rings. The summed E-state index contributed by atoms with van der Waals surface area (Å²) in [7, 11) is 1.80.